The van der Waals surface area contributed by atoms with Gasteiger partial charge in [-0.25, -0.2) is 5.48 Å². The fourth-order valence-electron chi connectivity index (χ4n) is 0.880. The molecular weight excluding hydrogens is 196 g/mol. The highest BCUT2D eigenvalue weighted by molar-refractivity contribution is 7.99. The van der Waals surface area contributed by atoms with Gasteiger partial charge in [0.2, 0.25) is 0 Å². The minimum Gasteiger partial charge on any atom is -0.316 e. The second kappa shape index (κ2) is 5.16. The molecule has 13 heavy (non-hydrogen) atoms. The van der Waals surface area contributed by atoms with Crippen LogP contribution in [0.4, 0.5) is 8.78 Å². The van der Waals surface area contributed by atoms with Crippen molar-refractivity contribution in [2.45, 2.75) is 17.2 Å². The number of benzene rings is 1. The maximum atomic E-state index is 11.9. The highest BCUT2D eigenvalue weighted by Gasteiger charge is 2.04. The van der Waals surface area contributed by atoms with Crippen LogP contribution in [0.3, 0.4) is 0 Å². The summed E-state index contributed by atoms with van der Waals surface area (Å²) in [7, 11) is 0. The normalized spacial score (nSPS) is 10.8. The van der Waals surface area contributed by atoms with Crippen molar-refractivity contribution in [1.82, 2.24) is 5.48 Å². The van der Waals surface area contributed by atoms with Crippen LogP contribution < -0.4 is 5.48 Å². The van der Waals surface area contributed by atoms with Crippen LogP contribution in [0.15, 0.2) is 29.2 Å². The van der Waals surface area contributed by atoms with Crippen LogP contribution in [0.1, 0.15) is 5.56 Å². The second-order valence-corrected chi connectivity index (χ2v) is 3.42. The highest BCUT2D eigenvalue weighted by Crippen LogP contribution is 2.24. The van der Waals surface area contributed by atoms with Crippen LogP contribution in [0.25, 0.3) is 0 Å². The average Bonchev–Trinajstić information content (AvgIpc) is 2.08. The van der Waals surface area contributed by atoms with E-state index in [1.54, 1.807) is 24.3 Å². The summed E-state index contributed by atoms with van der Waals surface area (Å²) in [5, 5.41) is 8.36. The van der Waals surface area contributed by atoms with Gasteiger partial charge in [0.15, 0.2) is 0 Å². The first-order chi connectivity index (χ1) is 6.22. The zero-order valence-electron chi connectivity index (χ0n) is 6.71. The Kier molecular flexibility index (Phi) is 4.14. The average molecular weight is 205 g/mol. The SMILES string of the molecule is ONCc1ccc(SC(F)F)cc1. The maximum absolute atomic E-state index is 11.9. The molecule has 0 saturated carbocycles. The van der Waals surface area contributed by atoms with Crippen molar-refractivity contribution in [1.29, 1.82) is 0 Å². The predicted molar refractivity (Wildman–Crippen MR) is 46.9 cm³/mol. The molecular formula is C8H9F2NOS. The number of thioether (sulfide) groups is 1. The molecule has 5 heteroatoms. The van der Waals surface area contributed by atoms with Gasteiger partial charge in [-0.1, -0.05) is 23.9 Å². The van der Waals surface area contributed by atoms with Crippen LogP contribution >= 0.6 is 11.8 Å². The predicted octanol–water partition coefficient (Wildman–Crippen LogP) is 2.48. The Hall–Kier alpha value is -0.650. The lowest BCUT2D eigenvalue weighted by Crippen LogP contribution is -2.05. The fourth-order valence-corrected chi connectivity index (χ4v) is 1.38. The largest absolute Gasteiger partial charge is 0.316 e. The first-order valence-corrected chi connectivity index (χ1v) is 4.51. The van der Waals surface area contributed by atoms with Crippen LogP contribution in [-0.2, 0) is 6.54 Å². The molecule has 1 aromatic rings. The summed E-state index contributed by atoms with van der Waals surface area (Å²) in [6.45, 7) is 0.319. The molecule has 0 spiro atoms. The number of nitrogens with one attached hydrogen (secondary N) is 1. The van der Waals surface area contributed by atoms with Gasteiger partial charge in [0.25, 0.3) is 5.76 Å². The van der Waals surface area contributed by atoms with Crippen molar-refractivity contribution in [3.8, 4) is 0 Å². The summed E-state index contributed by atoms with van der Waals surface area (Å²) in [5.41, 5.74) is 2.84. The minimum atomic E-state index is -2.39. The molecule has 2 N–H and O–H groups in total. The van der Waals surface area contributed by atoms with Gasteiger partial charge in [0.05, 0.1) is 0 Å². The van der Waals surface area contributed by atoms with E-state index in [4.69, 9.17) is 5.21 Å². The molecule has 0 bridgehead atoms. The molecule has 1 aromatic carbocycles. The Labute approximate surface area is 78.9 Å². The molecule has 1 rings (SSSR count). The second-order valence-electron chi connectivity index (χ2n) is 2.36. The van der Waals surface area contributed by atoms with Gasteiger partial charge in [-0.3, -0.25) is 0 Å². The lowest BCUT2D eigenvalue weighted by Gasteiger charge is -2.01. The lowest BCUT2D eigenvalue weighted by atomic mass is 10.2. The number of hydroxylamine groups is 1. The van der Waals surface area contributed by atoms with E-state index in [1.807, 2.05) is 5.48 Å². The van der Waals surface area contributed by atoms with Gasteiger partial charge in [0, 0.05) is 11.4 Å². The molecule has 0 amide bonds. The molecule has 0 aromatic heterocycles. The monoisotopic (exact) mass is 205 g/mol. The first kappa shape index (κ1) is 10.4. The van der Waals surface area contributed by atoms with Crippen molar-refractivity contribution >= 4 is 11.8 Å². The van der Waals surface area contributed by atoms with E-state index in [-0.39, 0.29) is 0 Å². The van der Waals surface area contributed by atoms with Crippen LogP contribution in [0.2, 0.25) is 0 Å². The van der Waals surface area contributed by atoms with Gasteiger partial charge >= 0.3 is 0 Å². The Morgan fingerprint density at radius 3 is 2.38 bits per heavy atom. The van der Waals surface area contributed by atoms with E-state index < -0.39 is 5.76 Å². The molecule has 2 nitrogen and oxygen atoms in total. The summed E-state index contributed by atoms with van der Waals surface area (Å²) in [4.78, 5) is 0.525. The molecule has 0 aliphatic carbocycles. The molecule has 0 aliphatic heterocycles. The van der Waals surface area contributed by atoms with Gasteiger partial charge in [-0.2, -0.15) is 8.78 Å². The summed E-state index contributed by atoms with van der Waals surface area (Å²) in [6, 6.07) is 6.58. The van der Waals surface area contributed by atoms with E-state index in [9.17, 15) is 8.78 Å². The Bertz CT molecular complexity index is 253. The summed E-state index contributed by atoms with van der Waals surface area (Å²) >= 11 is 0.509. The molecule has 0 saturated heterocycles. The standard InChI is InChI=1S/C8H9F2NOS/c9-8(10)13-7-3-1-6(2-4-7)5-11-12/h1-4,8,11-12H,5H2. The van der Waals surface area contributed by atoms with E-state index in [1.165, 1.54) is 0 Å². The third kappa shape index (κ3) is 3.71. The van der Waals surface area contributed by atoms with Gasteiger partial charge in [-0.15, -0.1) is 0 Å². The Morgan fingerprint density at radius 1 is 1.31 bits per heavy atom. The number of hydrogen-bond donors (Lipinski definition) is 2. The quantitative estimate of drug-likeness (QED) is 0.585. The third-order valence-electron chi connectivity index (χ3n) is 1.43. The molecule has 0 radical (unpaired) electrons. The highest BCUT2D eigenvalue weighted by atomic mass is 32.2. The summed E-state index contributed by atoms with van der Waals surface area (Å²) in [6.07, 6.45) is 0. The van der Waals surface area contributed by atoms with Crippen LogP contribution in [0, 0.1) is 0 Å². The molecule has 0 atom stereocenters. The summed E-state index contributed by atoms with van der Waals surface area (Å²) in [5.74, 6) is -2.39. The Morgan fingerprint density at radius 2 is 1.92 bits per heavy atom. The maximum Gasteiger partial charge on any atom is 0.288 e. The van der Waals surface area contributed by atoms with E-state index in [0.29, 0.717) is 23.2 Å². The molecule has 0 fully saturated rings. The van der Waals surface area contributed by atoms with Crippen molar-refractivity contribution in [2.24, 2.45) is 0 Å². The number of alkyl halides is 2. The molecule has 0 heterocycles. The van der Waals surface area contributed by atoms with Crippen molar-refractivity contribution in [3.05, 3.63) is 29.8 Å². The summed E-state index contributed by atoms with van der Waals surface area (Å²) < 4.78 is 23.8. The van der Waals surface area contributed by atoms with Crippen molar-refractivity contribution < 1.29 is 14.0 Å². The van der Waals surface area contributed by atoms with Crippen LogP contribution in [-0.4, -0.2) is 11.0 Å². The van der Waals surface area contributed by atoms with Gasteiger partial charge < -0.3 is 5.21 Å². The number of rotatable bonds is 4. The molecule has 72 valence electrons. The van der Waals surface area contributed by atoms with Gasteiger partial charge in [0.1, 0.15) is 0 Å². The van der Waals surface area contributed by atoms with Gasteiger partial charge in [-0.05, 0) is 17.7 Å². The fraction of sp³-hybridized carbons (Fsp3) is 0.250. The number of halogens is 2. The van der Waals surface area contributed by atoms with E-state index in [0.717, 1.165) is 5.56 Å². The van der Waals surface area contributed by atoms with E-state index >= 15 is 0 Å². The zero-order valence-corrected chi connectivity index (χ0v) is 7.52. The van der Waals surface area contributed by atoms with E-state index in [2.05, 4.69) is 0 Å². The topological polar surface area (TPSA) is 32.3 Å². The lowest BCUT2D eigenvalue weighted by molar-refractivity contribution is 0.161. The number of hydrogen-bond acceptors (Lipinski definition) is 3. The van der Waals surface area contributed by atoms with Crippen molar-refractivity contribution in [3.63, 3.8) is 0 Å². The smallest absolute Gasteiger partial charge is 0.288 e. The zero-order chi connectivity index (χ0) is 9.68. The van der Waals surface area contributed by atoms with Crippen molar-refractivity contribution in [2.75, 3.05) is 0 Å². The minimum absolute atomic E-state index is 0.319. The molecule has 0 unspecified atom stereocenters. The third-order valence-corrected chi connectivity index (χ3v) is 2.15. The first-order valence-electron chi connectivity index (χ1n) is 3.63. The van der Waals surface area contributed by atoms with Crippen LogP contribution in [0.5, 0.6) is 0 Å². The Balaban J connectivity index is 2.59. The molecule has 0 aliphatic rings.